The lowest BCUT2D eigenvalue weighted by atomic mass is 10.1. The van der Waals surface area contributed by atoms with E-state index in [1.807, 2.05) is 25.3 Å². The Kier molecular flexibility index (Phi) is 7.32. The monoisotopic (exact) mass is 340 g/mol. The van der Waals surface area contributed by atoms with Crippen molar-refractivity contribution in [3.05, 3.63) is 20.8 Å². The SMILES string of the molecule is CC(C)(CN)NC(=O)CCc1cc(Br)cs1.Cl. The van der Waals surface area contributed by atoms with Crippen LogP contribution in [-0.2, 0) is 11.2 Å². The number of carbonyl (C=O) groups excluding carboxylic acids is 1. The standard InChI is InChI=1S/C11H17BrN2OS.ClH/c1-11(2,7-13)14-10(15)4-3-9-5-8(12)6-16-9;/h5-6H,3-4,7,13H2,1-2H3,(H,14,15);1H. The molecular weight excluding hydrogens is 324 g/mol. The molecule has 0 aromatic carbocycles. The van der Waals surface area contributed by atoms with Crippen LogP contribution in [-0.4, -0.2) is 18.0 Å². The van der Waals surface area contributed by atoms with Gasteiger partial charge in [-0.05, 0) is 42.3 Å². The molecule has 0 saturated heterocycles. The highest BCUT2D eigenvalue weighted by atomic mass is 79.9. The van der Waals surface area contributed by atoms with E-state index >= 15 is 0 Å². The van der Waals surface area contributed by atoms with Gasteiger partial charge >= 0.3 is 0 Å². The van der Waals surface area contributed by atoms with Gasteiger partial charge in [0.1, 0.15) is 0 Å². The molecule has 1 heterocycles. The molecular formula is C11H18BrClN2OS. The van der Waals surface area contributed by atoms with E-state index in [2.05, 4.69) is 21.2 Å². The van der Waals surface area contributed by atoms with Crippen molar-refractivity contribution in [3.8, 4) is 0 Å². The van der Waals surface area contributed by atoms with Crippen molar-refractivity contribution in [2.45, 2.75) is 32.2 Å². The summed E-state index contributed by atoms with van der Waals surface area (Å²) in [7, 11) is 0. The van der Waals surface area contributed by atoms with Crippen LogP contribution in [0.15, 0.2) is 15.9 Å². The maximum absolute atomic E-state index is 11.6. The second kappa shape index (κ2) is 7.36. The van der Waals surface area contributed by atoms with Gasteiger partial charge in [-0.2, -0.15) is 0 Å². The number of hydrogen-bond acceptors (Lipinski definition) is 3. The minimum Gasteiger partial charge on any atom is -0.350 e. The van der Waals surface area contributed by atoms with Gasteiger partial charge in [-0.15, -0.1) is 23.7 Å². The summed E-state index contributed by atoms with van der Waals surface area (Å²) in [6.07, 6.45) is 1.29. The molecule has 17 heavy (non-hydrogen) atoms. The predicted molar refractivity (Wildman–Crippen MR) is 78.9 cm³/mol. The molecule has 0 aliphatic heterocycles. The molecule has 0 bridgehead atoms. The summed E-state index contributed by atoms with van der Waals surface area (Å²) in [5, 5.41) is 4.94. The molecule has 0 saturated carbocycles. The Morgan fingerprint density at radius 1 is 1.59 bits per heavy atom. The lowest BCUT2D eigenvalue weighted by Crippen LogP contribution is -2.48. The lowest BCUT2D eigenvalue weighted by molar-refractivity contribution is -0.122. The maximum Gasteiger partial charge on any atom is 0.220 e. The average Bonchev–Trinajstić information content (AvgIpc) is 2.61. The summed E-state index contributed by atoms with van der Waals surface area (Å²) >= 11 is 5.06. The number of aryl methyl sites for hydroxylation is 1. The Labute approximate surface area is 121 Å². The zero-order chi connectivity index (χ0) is 12.2. The van der Waals surface area contributed by atoms with Crippen LogP contribution >= 0.6 is 39.7 Å². The van der Waals surface area contributed by atoms with Crippen molar-refractivity contribution >= 4 is 45.6 Å². The van der Waals surface area contributed by atoms with Crippen LogP contribution in [0.1, 0.15) is 25.1 Å². The fourth-order valence-corrected chi connectivity index (χ4v) is 2.67. The first-order chi connectivity index (χ1) is 7.43. The van der Waals surface area contributed by atoms with E-state index in [-0.39, 0.29) is 23.9 Å². The lowest BCUT2D eigenvalue weighted by Gasteiger charge is -2.24. The van der Waals surface area contributed by atoms with Crippen molar-refractivity contribution in [2.24, 2.45) is 5.73 Å². The third-order valence-corrected chi connectivity index (χ3v) is 3.97. The molecule has 98 valence electrons. The van der Waals surface area contributed by atoms with E-state index < -0.39 is 0 Å². The molecule has 0 unspecified atom stereocenters. The first-order valence-electron chi connectivity index (χ1n) is 5.17. The molecule has 3 N–H and O–H groups in total. The predicted octanol–water partition coefficient (Wildman–Crippen LogP) is 2.72. The van der Waals surface area contributed by atoms with Crippen LogP contribution in [0.4, 0.5) is 0 Å². The van der Waals surface area contributed by atoms with Crippen LogP contribution in [0.3, 0.4) is 0 Å². The van der Waals surface area contributed by atoms with Crippen molar-refractivity contribution in [1.29, 1.82) is 0 Å². The highest BCUT2D eigenvalue weighted by molar-refractivity contribution is 9.10. The van der Waals surface area contributed by atoms with Gasteiger partial charge in [0.15, 0.2) is 0 Å². The summed E-state index contributed by atoms with van der Waals surface area (Å²) in [5.74, 6) is 0.0555. The van der Waals surface area contributed by atoms with E-state index in [1.54, 1.807) is 11.3 Å². The zero-order valence-electron chi connectivity index (χ0n) is 9.96. The van der Waals surface area contributed by atoms with Crippen LogP contribution in [0, 0.1) is 0 Å². The third-order valence-electron chi connectivity index (χ3n) is 2.21. The van der Waals surface area contributed by atoms with E-state index in [1.165, 1.54) is 4.88 Å². The number of nitrogens with one attached hydrogen (secondary N) is 1. The topological polar surface area (TPSA) is 55.1 Å². The quantitative estimate of drug-likeness (QED) is 0.865. The van der Waals surface area contributed by atoms with Crippen LogP contribution in [0.2, 0.25) is 0 Å². The molecule has 0 aliphatic rings. The van der Waals surface area contributed by atoms with Crippen LogP contribution < -0.4 is 11.1 Å². The van der Waals surface area contributed by atoms with Crippen molar-refractivity contribution < 1.29 is 4.79 Å². The molecule has 0 radical (unpaired) electrons. The Morgan fingerprint density at radius 2 is 2.24 bits per heavy atom. The molecule has 6 heteroatoms. The number of halogens is 2. The minimum atomic E-state index is -0.312. The van der Waals surface area contributed by atoms with Gasteiger partial charge in [0.2, 0.25) is 5.91 Å². The summed E-state index contributed by atoms with van der Waals surface area (Å²) in [4.78, 5) is 12.8. The molecule has 0 fully saturated rings. The number of carbonyl (C=O) groups is 1. The van der Waals surface area contributed by atoms with E-state index in [9.17, 15) is 4.79 Å². The van der Waals surface area contributed by atoms with Crippen LogP contribution in [0.25, 0.3) is 0 Å². The van der Waals surface area contributed by atoms with Gasteiger partial charge in [0, 0.05) is 33.2 Å². The first-order valence-corrected chi connectivity index (χ1v) is 6.84. The fraction of sp³-hybridized carbons (Fsp3) is 0.545. The van der Waals surface area contributed by atoms with Gasteiger partial charge in [0.25, 0.3) is 0 Å². The largest absolute Gasteiger partial charge is 0.350 e. The smallest absolute Gasteiger partial charge is 0.220 e. The molecule has 0 atom stereocenters. The van der Waals surface area contributed by atoms with E-state index in [4.69, 9.17) is 5.73 Å². The normalized spacial score (nSPS) is 10.8. The zero-order valence-corrected chi connectivity index (χ0v) is 13.2. The van der Waals surface area contributed by atoms with Crippen molar-refractivity contribution in [2.75, 3.05) is 6.54 Å². The Hall–Kier alpha value is -0.100. The minimum absolute atomic E-state index is 0. The third kappa shape index (κ3) is 6.41. The summed E-state index contributed by atoms with van der Waals surface area (Å²) in [6, 6.07) is 2.05. The second-order valence-corrected chi connectivity index (χ2v) is 6.28. The van der Waals surface area contributed by atoms with Crippen molar-refractivity contribution in [1.82, 2.24) is 5.32 Å². The summed E-state index contributed by atoms with van der Waals surface area (Å²) in [6.45, 7) is 4.29. The molecule has 1 rings (SSSR count). The first kappa shape index (κ1) is 16.9. The Morgan fingerprint density at radius 3 is 2.71 bits per heavy atom. The highest BCUT2D eigenvalue weighted by Gasteiger charge is 2.17. The number of rotatable bonds is 5. The highest BCUT2D eigenvalue weighted by Crippen LogP contribution is 2.20. The summed E-state index contributed by atoms with van der Waals surface area (Å²) in [5.41, 5.74) is 5.23. The fourth-order valence-electron chi connectivity index (χ4n) is 1.21. The Balaban J connectivity index is 0.00000256. The maximum atomic E-state index is 11.6. The molecule has 1 amide bonds. The van der Waals surface area contributed by atoms with Gasteiger partial charge in [-0.25, -0.2) is 0 Å². The molecule has 0 aliphatic carbocycles. The number of hydrogen-bond donors (Lipinski definition) is 2. The average molecular weight is 342 g/mol. The van der Waals surface area contributed by atoms with E-state index in [0.717, 1.165) is 10.9 Å². The van der Waals surface area contributed by atoms with Gasteiger partial charge in [-0.1, -0.05) is 0 Å². The van der Waals surface area contributed by atoms with Crippen molar-refractivity contribution in [3.63, 3.8) is 0 Å². The second-order valence-electron chi connectivity index (χ2n) is 4.37. The number of nitrogens with two attached hydrogens (primary N) is 1. The molecule has 3 nitrogen and oxygen atoms in total. The summed E-state index contributed by atoms with van der Waals surface area (Å²) < 4.78 is 1.08. The number of thiophene rings is 1. The van der Waals surface area contributed by atoms with E-state index in [0.29, 0.717) is 13.0 Å². The Bertz CT molecular complexity index is 368. The van der Waals surface area contributed by atoms with Gasteiger partial charge < -0.3 is 11.1 Å². The molecule has 1 aromatic heterocycles. The van der Waals surface area contributed by atoms with Gasteiger partial charge in [0.05, 0.1) is 0 Å². The molecule has 1 aromatic rings. The molecule has 0 spiro atoms. The number of amides is 1. The van der Waals surface area contributed by atoms with Crippen LogP contribution in [0.5, 0.6) is 0 Å². The van der Waals surface area contributed by atoms with Gasteiger partial charge in [-0.3, -0.25) is 4.79 Å².